The molecule has 2 atom stereocenters. The molecule has 0 aliphatic carbocycles. The van der Waals surface area contributed by atoms with E-state index in [9.17, 15) is 13.2 Å². The molecule has 0 heterocycles. The van der Waals surface area contributed by atoms with E-state index < -0.39 is 16.1 Å². The molecule has 170 valence electrons. The Bertz CT molecular complexity index is 1040. The average Bonchev–Trinajstić information content (AvgIpc) is 2.71. The van der Waals surface area contributed by atoms with Crippen molar-refractivity contribution in [1.82, 2.24) is 5.32 Å². The van der Waals surface area contributed by atoms with Crippen LogP contribution < -0.4 is 19.1 Å². The van der Waals surface area contributed by atoms with Gasteiger partial charge in [0.05, 0.1) is 32.2 Å². The van der Waals surface area contributed by atoms with Crippen molar-refractivity contribution in [1.29, 1.82) is 0 Å². The van der Waals surface area contributed by atoms with Crippen LogP contribution >= 0.6 is 0 Å². The summed E-state index contributed by atoms with van der Waals surface area (Å²) >= 11 is 0. The minimum absolute atomic E-state index is 0.220. The van der Waals surface area contributed by atoms with Crippen molar-refractivity contribution in [3.63, 3.8) is 0 Å². The van der Waals surface area contributed by atoms with Crippen LogP contribution in [0.1, 0.15) is 43.0 Å². The SMILES string of the molecule is CC[C@@H](NC(=O)[C@@H](C)N(c1ccc(OC)c(OC)c1)S(C)(=O)=O)c1ccc(C)cc1C. The van der Waals surface area contributed by atoms with Crippen LogP contribution in [0.15, 0.2) is 36.4 Å². The van der Waals surface area contributed by atoms with Crippen molar-refractivity contribution in [2.45, 2.75) is 46.2 Å². The summed E-state index contributed by atoms with van der Waals surface area (Å²) in [4.78, 5) is 13.1. The first-order chi connectivity index (χ1) is 14.5. The molecular weight excluding hydrogens is 416 g/mol. The third kappa shape index (κ3) is 5.70. The lowest BCUT2D eigenvalue weighted by Crippen LogP contribution is -2.48. The molecule has 31 heavy (non-hydrogen) atoms. The highest BCUT2D eigenvalue weighted by atomic mass is 32.2. The summed E-state index contributed by atoms with van der Waals surface area (Å²) in [5.74, 6) is 0.465. The zero-order chi connectivity index (χ0) is 23.3. The lowest BCUT2D eigenvalue weighted by molar-refractivity contribution is -0.122. The Labute approximate surface area is 185 Å². The Morgan fingerprint density at radius 2 is 1.71 bits per heavy atom. The number of nitrogens with zero attached hydrogens (tertiary/aromatic N) is 1. The van der Waals surface area contributed by atoms with E-state index in [1.165, 1.54) is 14.2 Å². The number of sulfonamides is 1. The highest BCUT2D eigenvalue weighted by Gasteiger charge is 2.31. The van der Waals surface area contributed by atoms with Gasteiger partial charge in [0.15, 0.2) is 11.5 Å². The fraction of sp³-hybridized carbons (Fsp3) is 0.435. The first-order valence-electron chi connectivity index (χ1n) is 10.1. The van der Waals surface area contributed by atoms with Crippen LogP contribution in [0.25, 0.3) is 0 Å². The number of benzene rings is 2. The molecule has 0 saturated heterocycles. The molecule has 0 aliphatic heterocycles. The molecule has 2 aromatic rings. The van der Waals surface area contributed by atoms with E-state index in [1.54, 1.807) is 25.1 Å². The van der Waals surface area contributed by atoms with Gasteiger partial charge in [-0.05, 0) is 50.5 Å². The number of carbonyl (C=O) groups is 1. The zero-order valence-electron chi connectivity index (χ0n) is 19.2. The van der Waals surface area contributed by atoms with Gasteiger partial charge in [-0.3, -0.25) is 9.10 Å². The van der Waals surface area contributed by atoms with Crippen LogP contribution in [0.5, 0.6) is 11.5 Å². The van der Waals surface area contributed by atoms with Gasteiger partial charge in [0.1, 0.15) is 6.04 Å². The predicted octanol–water partition coefficient (Wildman–Crippen LogP) is 3.74. The van der Waals surface area contributed by atoms with Crippen molar-refractivity contribution in [3.05, 3.63) is 53.1 Å². The van der Waals surface area contributed by atoms with Gasteiger partial charge in [-0.15, -0.1) is 0 Å². The Morgan fingerprint density at radius 3 is 2.23 bits per heavy atom. The lowest BCUT2D eigenvalue weighted by atomic mass is 9.97. The average molecular weight is 449 g/mol. The zero-order valence-corrected chi connectivity index (χ0v) is 20.0. The number of anilines is 1. The van der Waals surface area contributed by atoms with Crippen LogP contribution in [0.2, 0.25) is 0 Å². The van der Waals surface area contributed by atoms with Crippen LogP contribution in [-0.4, -0.2) is 40.8 Å². The van der Waals surface area contributed by atoms with Gasteiger partial charge < -0.3 is 14.8 Å². The molecular formula is C23H32N2O5S. The second-order valence-electron chi connectivity index (χ2n) is 7.60. The number of rotatable bonds is 9. The van der Waals surface area contributed by atoms with Crippen molar-refractivity contribution in [3.8, 4) is 11.5 Å². The van der Waals surface area contributed by atoms with Gasteiger partial charge in [0, 0.05) is 6.07 Å². The van der Waals surface area contributed by atoms with E-state index in [4.69, 9.17) is 9.47 Å². The molecule has 0 unspecified atom stereocenters. The Balaban J connectivity index is 2.37. The van der Waals surface area contributed by atoms with Crippen molar-refractivity contribution < 1.29 is 22.7 Å². The van der Waals surface area contributed by atoms with Gasteiger partial charge in [-0.1, -0.05) is 30.7 Å². The molecule has 2 aromatic carbocycles. The van der Waals surface area contributed by atoms with E-state index in [0.29, 0.717) is 23.6 Å². The molecule has 0 bridgehead atoms. The maximum atomic E-state index is 13.1. The smallest absolute Gasteiger partial charge is 0.244 e. The van der Waals surface area contributed by atoms with Crippen molar-refractivity contribution >= 4 is 21.6 Å². The highest BCUT2D eigenvalue weighted by molar-refractivity contribution is 7.92. The molecule has 0 aromatic heterocycles. The number of carbonyl (C=O) groups excluding carboxylic acids is 1. The minimum Gasteiger partial charge on any atom is -0.493 e. The van der Waals surface area contributed by atoms with Crippen LogP contribution in [0, 0.1) is 13.8 Å². The molecule has 0 spiro atoms. The third-order valence-electron chi connectivity index (χ3n) is 5.24. The number of methoxy groups -OCH3 is 2. The van der Waals surface area contributed by atoms with Gasteiger partial charge >= 0.3 is 0 Å². The Kier molecular flexibility index (Phi) is 7.95. The van der Waals surface area contributed by atoms with Crippen LogP contribution in [0.3, 0.4) is 0 Å². The molecule has 0 aliphatic rings. The quantitative estimate of drug-likeness (QED) is 0.632. The van der Waals surface area contributed by atoms with E-state index >= 15 is 0 Å². The first-order valence-corrected chi connectivity index (χ1v) is 12.0. The topological polar surface area (TPSA) is 84.9 Å². The summed E-state index contributed by atoms with van der Waals surface area (Å²) in [5.41, 5.74) is 3.57. The Hall–Kier alpha value is -2.74. The molecule has 0 saturated carbocycles. The van der Waals surface area contributed by atoms with E-state index in [-0.39, 0.29) is 11.9 Å². The second-order valence-corrected chi connectivity index (χ2v) is 9.46. The minimum atomic E-state index is -3.75. The lowest BCUT2D eigenvalue weighted by Gasteiger charge is -2.30. The summed E-state index contributed by atoms with van der Waals surface area (Å²) in [6.45, 7) is 7.58. The summed E-state index contributed by atoms with van der Waals surface area (Å²) in [6, 6.07) is 9.65. The predicted molar refractivity (Wildman–Crippen MR) is 123 cm³/mol. The maximum Gasteiger partial charge on any atom is 0.244 e. The van der Waals surface area contributed by atoms with E-state index in [1.807, 2.05) is 32.9 Å². The fourth-order valence-electron chi connectivity index (χ4n) is 3.68. The molecule has 1 amide bonds. The number of amides is 1. The van der Waals surface area contributed by atoms with Gasteiger partial charge in [0.25, 0.3) is 0 Å². The van der Waals surface area contributed by atoms with Crippen LogP contribution in [0.4, 0.5) is 5.69 Å². The number of hydrogen-bond donors (Lipinski definition) is 1. The fourth-order valence-corrected chi connectivity index (χ4v) is 4.85. The molecule has 0 fully saturated rings. The Morgan fingerprint density at radius 1 is 1.06 bits per heavy atom. The highest BCUT2D eigenvalue weighted by Crippen LogP contribution is 2.33. The van der Waals surface area contributed by atoms with Crippen molar-refractivity contribution in [2.24, 2.45) is 0 Å². The largest absolute Gasteiger partial charge is 0.493 e. The number of hydrogen-bond acceptors (Lipinski definition) is 5. The summed E-state index contributed by atoms with van der Waals surface area (Å²) in [7, 11) is -0.781. The second kappa shape index (κ2) is 10.0. The summed E-state index contributed by atoms with van der Waals surface area (Å²) < 4.78 is 36.9. The van der Waals surface area contributed by atoms with E-state index in [0.717, 1.165) is 27.3 Å². The van der Waals surface area contributed by atoms with Gasteiger partial charge in [-0.2, -0.15) is 0 Å². The molecule has 7 nitrogen and oxygen atoms in total. The van der Waals surface area contributed by atoms with E-state index in [2.05, 4.69) is 11.4 Å². The number of ether oxygens (including phenoxy) is 2. The van der Waals surface area contributed by atoms with Crippen molar-refractivity contribution in [2.75, 3.05) is 24.8 Å². The van der Waals surface area contributed by atoms with Gasteiger partial charge in [0.2, 0.25) is 15.9 Å². The van der Waals surface area contributed by atoms with Crippen LogP contribution in [-0.2, 0) is 14.8 Å². The standard InChI is InChI=1S/C23H32N2O5S/c1-8-20(19-11-9-15(2)13-16(19)3)24-23(26)17(4)25(31(7,27)28)18-10-12-21(29-5)22(14-18)30-6/h9-14,17,20H,8H2,1-7H3,(H,24,26)/t17-,20-/m1/s1. The summed E-state index contributed by atoms with van der Waals surface area (Å²) in [5, 5.41) is 3.02. The number of nitrogens with one attached hydrogen (secondary N) is 1. The molecule has 8 heteroatoms. The summed E-state index contributed by atoms with van der Waals surface area (Å²) in [6.07, 6.45) is 1.76. The number of aryl methyl sites for hydroxylation is 2. The maximum absolute atomic E-state index is 13.1. The third-order valence-corrected chi connectivity index (χ3v) is 6.48. The molecule has 1 N–H and O–H groups in total. The molecule has 0 radical (unpaired) electrons. The van der Waals surface area contributed by atoms with Gasteiger partial charge in [-0.25, -0.2) is 8.42 Å². The monoisotopic (exact) mass is 448 g/mol. The molecule has 2 rings (SSSR count). The first kappa shape index (κ1) is 24.5. The normalized spacial score (nSPS) is 13.3.